The molecule has 1 amide bonds. The molecule has 2 saturated heterocycles. The maximum atomic E-state index is 11.1. The molecule has 0 aromatic rings. The molecule has 0 aliphatic carbocycles. The van der Waals surface area contributed by atoms with Crippen LogP contribution in [0, 0.1) is 0 Å². The molecule has 0 aromatic carbocycles. The zero-order chi connectivity index (χ0) is 9.26. The van der Waals surface area contributed by atoms with E-state index < -0.39 is 0 Å². The highest BCUT2D eigenvalue weighted by atomic mass is 16.5. The Morgan fingerprint density at radius 3 is 3.15 bits per heavy atom. The zero-order valence-electron chi connectivity index (χ0n) is 7.53. The Morgan fingerprint density at radius 1 is 1.54 bits per heavy atom. The van der Waals surface area contributed by atoms with Crippen molar-refractivity contribution >= 4 is 5.91 Å². The van der Waals surface area contributed by atoms with Crippen LogP contribution in [-0.2, 0) is 9.53 Å². The van der Waals surface area contributed by atoms with Gasteiger partial charge in [-0.1, -0.05) is 0 Å². The number of rotatable bonds is 1. The van der Waals surface area contributed by atoms with Crippen molar-refractivity contribution < 1.29 is 9.53 Å². The first kappa shape index (κ1) is 8.93. The van der Waals surface area contributed by atoms with E-state index in [2.05, 4.69) is 10.2 Å². The van der Waals surface area contributed by atoms with E-state index in [0.717, 1.165) is 26.2 Å². The van der Waals surface area contributed by atoms with Gasteiger partial charge in [-0.2, -0.15) is 0 Å². The topological polar surface area (TPSA) is 67.6 Å². The fraction of sp³-hybridized carbons (Fsp3) is 0.875. The lowest BCUT2D eigenvalue weighted by atomic mass is 10.0. The first-order valence-corrected chi connectivity index (χ1v) is 4.63. The summed E-state index contributed by atoms with van der Waals surface area (Å²) in [5, 5.41) is 3.12. The van der Waals surface area contributed by atoms with Crippen molar-refractivity contribution in [2.24, 2.45) is 5.73 Å². The van der Waals surface area contributed by atoms with Crippen LogP contribution in [0.1, 0.15) is 0 Å². The van der Waals surface area contributed by atoms with Gasteiger partial charge in [-0.3, -0.25) is 9.69 Å². The van der Waals surface area contributed by atoms with E-state index >= 15 is 0 Å². The maximum absolute atomic E-state index is 11.1. The van der Waals surface area contributed by atoms with Crippen molar-refractivity contribution in [3.8, 4) is 0 Å². The normalized spacial score (nSPS) is 35.4. The number of primary amides is 1. The fourth-order valence-corrected chi connectivity index (χ4v) is 2.03. The number of carbonyl (C=O) groups excluding carboxylic acids is 1. The Bertz CT molecular complexity index is 208. The number of amides is 1. The second-order valence-corrected chi connectivity index (χ2v) is 3.51. The first-order chi connectivity index (χ1) is 6.29. The van der Waals surface area contributed by atoms with Crippen LogP contribution in [0.15, 0.2) is 0 Å². The Balaban J connectivity index is 2.06. The molecule has 13 heavy (non-hydrogen) atoms. The summed E-state index contributed by atoms with van der Waals surface area (Å²) in [6.45, 7) is 4.11. The maximum Gasteiger partial charge on any atom is 0.236 e. The Kier molecular flexibility index (Phi) is 2.48. The summed E-state index contributed by atoms with van der Waals surface area (Å²) in [6.07, 6.45) is 0. The molecule has 2 atom stereocenters. The van der Waals surface area contributed by atoms with Crippen LogP contribution in [0.3, 0.4) is 0 Å². The van der Waals surface area contributed by atoms with Crippen molar-refractivity contribution in [3.63, 3.8) is 0 Å². The van der Waals surface area contributed by atoms with E-state index in [9.17, 15) is 4.79 Å². The van der Waals surface area contributed by atoms with Crippen LogP contribution in [0.4, 0.5) is 0 Å². The molecule has 2 rings (SSSR count). The smallest absolute Gasteiger partial charge is 0.236 e. The molecule has 2 unspecified atom stereocenters. The molecular weight excluding hydrogens is 170 g/mol. The van der Waals surface area contributed by atoms with Crippen molar-refractivity contribution in [2.45, 2.75) is 12.1 Å². The molecule has 5 heteroatoms. The largest absolute Gasteiger partial charge is 0.378 e. The number of nitrogens with two attached hydrogens (primary N) is 1. The van der Waals surface area contributed by atoms with Gasteiger partial charge in [0, 0.05) is 19.6 Å². The molecule has 0 spiro atoms. The van der Waals surface area contributed by atoms with Crippen molar-refractivity contribution in [3.05, 3.63) is 0 Å². The van der Waals surface area contributed by atoms with E-state index in [-0.39, 0.29) is 18.0 Å². The van der Waals surface area contributed by atoms with Gasteiger partial charge in [0.2, 0.25) is 5.91 Å². The summed E-state index contributed by atoms with van der Waals surface area (Å²) >= 11 is 0. The third-order valence-electron chi connectivity index (χ3n) is 2.74. The summed E-state index contributed by atoms with van der Waals surface area (Å²) < 4.78 is 5.33. The second kappa shape index (κ2) is 3.61. The second-order valence-electron chi connectivity index (χ2n) is 3.51. The highest BCUT2D eigenvalue weighted by Gasteiger charge is 2.36. The van der Waals surface area contributed by atoms with Crippen LogP contribution >= 0.6 is 0 Å². The lowest BCUT2D eigenvalue weighted by Gasteiger charge is -2.43. The van der Waals surface area contributed by atoms with E-state index in [1.54, 1.807) is 0 Å². The van der Waals surface area contributed by atoms with Gasteiger partial charge in [-0.15, -0.1) is 0 Å². The molecule has 0 saturated carbocycles. The monoisotopic (exact) mass is 185 g/mol. The number of morpholine rings is 1. The molecule has 2 aliphatic rings. The number of ether oxygens (including phenoxy) is 1. The number of hydrogen-bond donors (Lipinski definition) is 2. The van der Waals surface area contributed by atoms with Crippen LogP contribution in [0.5, 0.6) is 0 Å². The van der Waals surface area contributed by atoms with Crippen molar-refractivity contribution in [1.29, 1.82) is 0 Å². The SMILES string of the molecule is NC(=O)C1NCCN2CCOCC12. The lowest BCUT2D eigenvalue weighted by molar-refractivity contribution is -0.126. The summed E-state index contributed by atoms with van der Waals surface area (Å²) in [4.78, 5) is 13.4. The van der Waals surface area contributed by atoms with Crippen LogP contribution < -0.4 is 11.1 Å². The van der Waals surface area contributed by atoms with Crippen LogP contribution in [-0.4, -0.2) is 55.7 Å². The third kappa shape index (κ3) is 1.67. The number of fused-ring (bicyclic) bond motifs is 1. The van der Waals surface area contributed by atoms with Gasteiger partial charge in [0.1, 0.15) is 6.04 Å². The Morgan fingerprint density at radius 2 is 2.38 bits per heavy atom. The van der Waals surface area contributed by atoms with E-state index in [0.29, 0.717) is 6.61 Å². The molecule has 0 radical (unpaired) electrons. The fourth-order valence-electron chi connectivity index (χ4n) is 2.03. The van der Waals surface area contributed by atoms with Gasteiger partial charge >= 0.3 is 0 Å². The van der Waals surface area contributed by atoms with Gasteiger partial charge in [-0.05, 0) is 0 Å². The summed E-state index contributed by atoms with van der Waals surface area (Å²) in [5.74, 6) is -0.278. The zero-order valence-corrected chi connectivity index (χ0v) is 7.53. The molecule has 2 aliphatic heterocycles. The standard InChI is InChI=1S/C8H15N3O2/c9-8(12)7-6-5-13-4-3-11(6)2-1-10-7/h6-7,10H,1-5H2,(H2,9,12). The van der Waals surface area contributed by atoms with Crippen molar-refractivity contribution in [1.82, 2.24) is 10.2 Å². The average molecular weight is 185 g/mol. The number of nitrogens with zero attached hydrogens (tertiary/aromatic N) is 1. The molecule has 3 N–H and O–H groups in total. The first-order valence-electron chi connectivity index (χ1n) is 4.63. The van der Waals surface area contributed by atoms with Crippen molar-refractivity contribution in [2.75, 3.05) is 32.8 Å². The highest BCUT2D eigenvalue weighted by Crippen LogP contribution is 2.13. The van der Waals surface area contributed by atoms with Crippen LogP contribution in [0.2, 0.25) is 0 Å². The summed E-state index contributed by atoms with van der Waals surface area (Å²) in [5.41, 5.74) is 5.29. The molecule has 2 fully saturated rings. The summed E-state index contributed by atoms with van der Waals surface area (Å²) in [6, 6.07) is -0.103. The van der Waals surface area contributed by atoms with E-state index in [4.69, 9.17) is 10.5 Å². The van der Waals surface area contributed by atoms with Crippen LogP contribution in [0.25, 0.3) is 0 Å². The van der Waals surface area contributed by atoms with E-state index in [1.807, 2.05) is 0 Å². The van der Waals surface area contributed by atoms with Gasteiger partial charge < -0.3 is 15.8 Å². The Labute approximate surface area is 77.2 Å². The quantitative estimate of drug-likeness (QED) is 0.503. The molecule has 2 heterocycles. The van der Waals surface area contributed by atoms with Gasteiger partial charge in [-0.25, -0.2) is 0 Å². The highest BCUT2D eigenvalue weighted by molar-refractivity contribution is 5.80. The predicted octanol–water partition coefficient (Wildman–Crippen LogP) is -1.86. The van der Waals surface area contributed by atoms with E-state index in [1.165, 1.54) is 0 Å². The molecule has 0 bridgehead atoms. The molecule has 0 aromatic heterocycles. The number of piperazine rings is 1. The number of hydrogen-bond acceptors (Lipinski definition) is 4. The predicted molar refractivity (Wildman–Crippen MR) is 47.2 cm³/mol. The molecule has 5 nitrogen and oxygen atoms in total. The minimum absolute atomic E-state index is 0.139. The minimum Gasteiger partial charge on any atom is -0.378 e. The third-order valence-corrected chi connectivity index (χ3v) is 2.74. The average Bonchev–Trinajstić information content (AvgIpc) is 2.17. The lowest BCUT2D eigenvalue weighted by Crippen LogP contribution is -2.65. The number of carbonyl (C=O) groups is 1. The molecular formula is C8H15N3O2. The molecule has 74 valence electrons. The Hall–Kier alpha value is -0.650. The summed E-state index contributed by atoms with van der Waals surface area (Å²) in [7, 11) is 0. The number of nitrogens with one attached hydrogen (secondary N) is 1. The van der Waals surface area contributed by atoms with Gasteiger partial charge in [0.15, 0.2) is 0 Å². The van der Waals surface area contributed by atoms with Gasteiger partial charge in [0.05, 0.1) is 19.3 Å². The van der Waals surface area contributed by atoms with Gasteiger partial charge in [0.25, 0.3) is 0 Å². The minimum atomic E-state index is -0.278.